The molecule has 1 N–H and O–H groups in total. The molecule has 0 aliphatic rings. The van der Waals surface area contributed by atoms with Gasteiger partial charge in [-0.3, -0.25) is 0 Å². The van der Waals surface area contributed by atoms with Gasteiger partial charge in [0.15, 0.2) is 4.34 Å². The van der Waals surface area contributed by atoms with E-state index in [2.05, 4.69) is 4.98 Å². The first-order chi connectivity index (χ1) is 11.2. The van der Waals surface area contributed by atoms with Crippen molar-refractivity contribution in [3.63, 3.8) is 0 Å². The number of aromatic nitrogens is 1. The van der Waals surface area contributed by atoms with Crippen LogP contribution in [0.4, 0.5) is 0 Å². The molecule has 4 rings (SSSR count). The van der Waals surface area contributed by atoms with Crippen molar-refractivity contribution in [1.82, 2.24) is 4.98 Å². The maximum Gasteiger partial charge on any atom is 0.336 e. The van der Waals surface area contributed by atoms with E-state index < -0.39 is 5.63 Å². The Morgan fingerprint density at radius 1 is 1.17 bits per heavy atom. The third kappa shape index (κ3) is 2.83. The average molecular weight is 341 g/mol. The Labute approximate surface area is 139 Å². The molecule has 114 valence electrons. The van der Waals surface area contributed by atoms with Crippen LogP contribution in [-0.2, 0) is 5.75 Å². The third-order valence-electron chi connectivity index (χ3n) is 3.44. The van der Waals surface area contributed by atoms with Crippen molar-refractivity contribution in [1.29, 1.82) is 0 Å². The molecule has 0 radical (unpaired) electrons. The summed E-state index contributed by atoms with van der Waals surface area (Å²) in [6.45, 7) is 0. The van der Waals surface area contributed by atoms with Gasteiger partial charge < -0.3 is 9.52 Å². The van der Waals surface area contributed by atoms with Gasteiger partial charge in [-0.2, -0.15) is 0 Å². The topological polar surface area (TPSA) is 63.3 Å². The first-order valence-corrected chi connectivity index (χ1v) is 8.73. The highest BCUT2D eigenvalue weighted by Gasteiger charge is 2.09. The number of aromatic hydroxyl groups is 1. The van der Waals surface area contributed by atoms with Crippen molar-refractivity contribution < 1.29 is 9.52 Å². The third-order valence-corrected chi connectivity index (χ3v) is 5.67. The van der Waals surface area contributed by atoms with Crippen LogP contribution in [0, 0.1) is 0 Å². The van der Waals surface area contributed by atoms with E-state index in [1.165, 1.54) is 12.1 Å². The molecule has 0 atom stereocenters. The van der Waals surface area contributed by atoms with Crippen LogP contribution < -0.4 is 5.63 Å². The first-order valence-electron chi connectivity index (χ1n) is 6.93. The van der Waals surface area contributed by atoms with Crippen molar-refractivity contribution in [2.45, 2.75) is 10.1 Å². The average Bonchev–Trinajstić information content (AvgIpc) is 2.94. The second kappa shape index (κ2) is 5.72. The Hall–Kier alpha value is -2.31. The van der Waals surface area contributed by atoms with Gasteiger partial charge in [-0.05, 0) is 29.8 Å². The summed E-state index contributed by atoms with van der Waals surface area (Å²) in [6, 6.07) is 14.3. The summed E-state index contributed by atoms with van der Waals surface area (Å²) in [6.07, 6.45) is 0. The Kier molecular flexibility index (Phi) is 3.55. The number of fused-ring (bicyclic) bond motifs is 2. The van der Waals surface area contributed by atoms with Gasteiger partial charge in [0.25, 0.3) is 0 Å². The minimum absolute atomic E-state index is 0.0802. The minimum Gasteiger partial charge on any atom is -0.508 e. The number of phenolic OH excluding ortho intramolecular Hbond substituents is 1. The quantitative estimate of drug-likeness (QED) is 0.442. The number of rotatable bonds is 3. The van der Waals surface area contributed by atoms with E-state index in [-0.39, 0.29) is 5.75 Å². The van der Waals surface area contributed by atoms with Gasteiger partial charge in [-0.15, -0.1) is 11.3 Å². The Balaban J connectivity index is 1.68. The fourth-order valence-electron chi connectivity index (χ4n) is 2.39. The van der Waals surface area contributed by atoms with Gasteiger partial charge in [0.05, 0.1) is 10.2 Å². The van der Waals surface area contributed by atoms with Crippen molar-refractivity contribution in [2.24, 2.45) is 0 Å². The van der Waals surface area contributed by atoms with Crippen molar-refractivity contribution in [3.05, 3.63) is 64.5 Å². The molecule has 2 aromatic heterocycles. The molecule has 0 aliphatic heterocycles. The van der Waals surface area contributed by atoms with Gasteiger partial charge >= 0.3 is 5.63 Å². The van der Waals surface area contributed by atoms with Gasteiger partial charge in [0.1, 0.15) is 11.3 Å². The molecular formula is C17H11NO3S2. The highest BCUT2D eigenvalue weighted by atomic mass is 32.2. The lowest BCUT2D eigenvalue weighted by Gasteiger charge is -2.04. The summed E-state index contributed by atoms with van der Waals surface area (Å²) in [5, 5.41) is 10.4. The van der Waals surface area contributed by atoms with Crippen LogP contribution in [0.15, 0.2) is 62.1 Å². The summed E-state index contributed by atoms with van der Waals surface area (Å²) in [5.41, 5.74) is 1.85. The van der Waals surface area contributed by atoms with E-state index in [1.807, 2.05) is 24.3 Å². The molecule has 23 heavy (non-hydrogen) atoms. The molecule has 0 bridgehead atoms. The smallest absolute Gasteiger partial charge is 0.336 e. The highest BCUT2D eigenvalue weighted by molar-refractivity contribution is 8.00. The fraction of sp³-hybridized carbons (Fsp3) is 0.0588. The van der Waals surface area contributed by atoms with E-state index >= 15 is 0 Å². The van der Waals surface area contributed by atoms with Crippen molar-refractivity contribution in [3.8, 4) is 5.75 Å². The number of phenols is 1. The highest BCUT2D eigenvalue weighted by Crippen LogP contribution is 2.33. The van der Waals surface area contributed by atoms with Gasteiger partial charge in [0.2, 0.25) is 0 Å². The van der Waals surface area contributed by atoms with Crippen LogP contribution in [0.2, 0.25) is 0 Å². The first kappa shape index (κ1) is 14.3. The number of benzene rings is 2. The van der Waals surface area contributed by atoms with Crippen LogP contribution in [0.3, 0.4) is 0 Å². The number of para-hydroxylation sites is 1. The lowest BCUT2D eigenvalue weighted by molar-refractivity contribution is 0.473. The molecule has 0 amide bonds. The Morgan fingerprint density at radius 2 is 2.04 bits per heavy atom. The molecular weight excluding hydrogens is 330 g/mol. The van der Waals surface area contributed by atoms with E-state index in [1.54, 1.807) is 35.2 Å². The fourth-order valence-corrected chi connectivity index (χ4v) is 4.45. The molecule has 2 aromatic carbocycles. The second-order valence-electron chi connectivity index (χ2n) is 5.01. The zero-order valence-corrected chi connectivity index (χ0v) is 13.5. The zero-order chi connectivity index (χ0) is 15.8. The molecule has 0 spiro atoms. The normalized spacial score (nSPS) is 11.3. The summed E-state index contributed by atoms with van der Waals surface area (Å²) in [4.78, 5) is 16.3. The molecule has 2 heterocycles. The number of thiazole rings is 1. The summed E-state index contributed by atoms with van der Waals surface area (Å²) < 4.78 is 7.26. The van der Waals surface area contributed by atoms with E-state index in [4.69, 9.17) is 4.42 Å². The molecule has 6 heteroatoms. The summed E-state index contributed by atoms with van der Waals surface area (Å²) in [7, 11) is 0. The maximum atomic E-state index is 11.7. The van der Waals surface area contributed by atoms with Gasteiger partial charge in [-0.25, -0.2) is 9.78 Å². The van der Waals surface area contributed by atoms with Gasteiger partial charge in [-0.1, -0.05) is 23.9 Å². The molecule has 4 aromatic rings. The lowest BCUT2D eigenvalue weighted by atomic mass is 10.1. The summed E-state index contributed by atoms with van der Waals surface area (Å²) in [5.74, 6) is 0.698. The van der Waals surface area contributed by atoms with Crippen molar-refractivity contribution >= 4 is 44.3 Å². The summed E-state index contributed by atoms with van der Waals surface area (Å²) >= 11 is 3.23. The van der Waals surface area contributed by atoms with Crippen molar-refractivity contribution in [2.75, 3.05) is 0 Å². The SMILES string of the molecule is O=c1cc(CSc2nc3ccccc3s2)c2ccc(O)cc2o1. The van der Waals surface area contributed by atoms with Gasteiger partial charge in [0, 0.05) is 23.3 Å². The Bertz CT molecular complexity index is 1040. The standard InChI is InChI=1S/C17H11NO3S2/c19-11-5-6-12-10(7-16(20)21-14(12)8-11)9-22-17-18-13-3-1-2-4-15(13)23-17/h1-8,19H,9H2. The molecule has 0 fully saturated rings. The second-order valence-corrected chi connectivity index (χ2v) is 7.26. The number of nitrogens with zero attached hydrogens (tertiary/aromatic N) is 1. The van der Waals surface area contributed by atoms with E-state index in [0.29, 0.717) is 11.3 Å². The zero-order valence-electron chi connectivity index (χ0n) is 11.9. The lowest BCUT2D eigenvalue weighted by Crippen LogP contribution is -1.99. The van der Waals surface area contributed by atoms with Crippen LogP contribution in [0.25, 0.3) is 21.2 Å². The van der Waals surface area contributed by atoms with Crippen LogP contribution >= 0.6 is 23.1 Å². The predicted molar refractivity (Wildman–Crippen MR) is 93.3 cm³/mol. The maximum absolute atomic E-state index is 11.7. The van der Waals surface area contributed by atoms with E-state index in [9.17, 15) is 9.90 Å². The van der Waals surface area contributed by atoms with Crippen LogP contribution in [0.5, 0.6) is 5.75 Å². The minimum atomic E-state index is -0.414. The molecule has 0 aliphatic carbocycles. The molecule has 0 saturated heterocycles. The largest absolute Gasteiger partial charge is 0.508 e. The molecule has 0 saturated carbocycles. The number of hydrogen-bond acceptors (Lipinski definition) is 6. The molecule has 0 unspecified atom stereocenters. The number of thioether (sulfide) groups is 1. The Morgan fingerprint density at radius 3 is 2.91 bits per heavy atom. The monoisotopic (exact) mass is 341 g/mol. The number of hydrogen-bond donors (Lipinski definition) is 1. The predicted octanol–water partition coefficient (Wildman–Crippen LogP) is 4.40. The van der Waals surface area contributed by atoms with Crippen LogP contribution in [-0.4, -0.2) is 10.1 Å². The molecule has 4 nitrogen and oxygen atoms in total. The van der Waals surface area contributed by atoms with Crippen LogP contribution in [0.1, 0.15) is 5.56 Å². The van der Waals surface area contributed by atoms with E-state index in [0.717, 1.165) is 25.5 Å².